The lowest BCUT2D eigenvalue weighted by atomic mass is 10.1. The molecular weight excluding hydrogens is 134 g/mol. The summed E-state index contributed by atoms with van der Waals surface area (Å²) < 4.78 is 0. The second-order valence-corrected chi connectivity index (χ2v) is 2.69. The summed E-state index contributed by atoms with van der Waals surface area (Å²) in [6.45, 7) is 6.18. The van der Waals surface area contributed by atoms with Crippen LogP contribution in [0.3, 0.4) is 0 Å². The number of aromatic nitrogens is 1. The van der Waals surface area contributed by atoms with Crippen molar-refractivity contribution < 1.29 is 0 Å². The minimum Gasteiger partial charge on any atom is -0.257 e. The van der Waals surface area contributed by atoms with E-state index < -0.39 is 0 Å². The Kier molecular flexibility index (Phi) is 2.42. The van der Waals surface area contributed by atoms with Crippen LogP contribution in [-0.2, 0) is 0 Å². The zero-order valence-corrected chi connectivity index (χ0v) is 7.26. The first-order valence-corrected chi connectivity index (χ1v) is 3.80. The maximum absolute atomic E-state index is 4.24. The molecule has 0 atom stereocenters. The molecule has 0 N–H and O–H groups in total. The van der Waals surface area contributed by atoms with Crippen LogP contribution < -0.4 is 0 Å². The summed E-state index contributed by atoms with van der Waals surface area (Å²) in [5.41, 5.74) is 3.57. The van der Waals surface area contributed by atoms with Crippen molar-refractivity contribution in [3.63, 3.8) is 0 Å². The van der Waals surface area contributed by atoms with Crippen molar-refractivity contribution in [3.05, 3.63) is 35.7 Å². The zero-order valence-electron chi connectivity index (χ0n) is 7.26. The van der Waals surface area contributed by atoms with Gasteiger partial charge in [0.15, 0.2) is 0 Å². The van der Waals surface area contributed by atoms with E-state index in [1.165, 1.54) is 11.1 Å². The number of nitrogens with zero attached hydrogens (tertiary/aromatic N) is 1. The highest BCUT2D eigenvalue weighted by Crippen LogP contribution is 2.10. The Labute approximate surface area is 67.8 Å². The van der Waals surface area contributed by atoms with Gasteiger partial charge >= 0.3 is 0 Å². The van der Waals surface area contributed by atoms with Crippen molar-refractivity contribution in [1.29, 1.82) is 0 Å². The summed E-state index contributed by atoms with van der Waals surface area (Å²) in [5, 5.41) is 0. The molecule has 0 spiro atoms. The average Bonchev–Trinajstić information content (AvgIpc) is 2.03. The van der Waals surface area contributed by atoms with E-state index >= 15 is 0 Å². The fourth-order valence-corrected chi connectivity index (χ4v) is 0.900. The molecule has 0 aromatic carbocycles. The van der Waals surface area contributed by atoms with Crippen LogP contribution in [0.15, 0.2) is 24.4 Å². The second-order valence-electron chi connectivity index (χ2n) is 2.69. The van der Waals surface area contributed by atoms with E-state index in [-0.39, 0.29) is 0 Å². The quantitative estimate of drug-likeness (QED) is 0.595. The van der Waals surface area contributed by atoms with Gasteiger partial charge in [0.05, 0.1) is 5.69 Å². The maximum atomic E-state index is 4.24. The van der Waals surface area contributed by atoms with Gasteiger partial charge in [0, 0.05) is 6.20 Å². The van der Waals surface area contributed by atoms with Crippen molar-refractivity contribution in [2.45, 2.75) is 20.8 Å². The lowest BCUT2D eigenvalue weighted by Gasteiger charge is -1.99. The number of rotatable bonds is 1. The van der Waals surface area contributed by atoms with Crippen molar-refractivity contribution in [2.75, 3.05) is 0 Å². The molecular formula is C10H13N. The molecule has 0 saturated carbocycles. The van der Waals surface area contributed by atoms with Crippen LogP contribution in [0.2, 0.25) is 0 Å². The molecule has 1 aromatic rings. The maximum Gasteiger partial charge on any atom is 0.0658 e. The van der Waals surface area contributed by atoms with Gasteiger partial charge in [0.2, 0.25) is 0 Å². The predicted octanol–water partition coefficient (Wildman–Crippen LogP) is 2.81. The highest BCUT2D eigenvalue weighted by molar-refractivity contribution is 5.60. The molecule has 1 rings (SSSR count). The van der Waals surface area contributed by atoms with Crippen LogP contribution in [0.5, 0.6) is 0 Å². The van der Waals surface area contributed by atoms with Crippen molar-refractivity contribution in [2.24, 2.45) is 0 Å². The molecule has 58 valence electrons. The van der Waals surface area contributed by atoms with Gasteiger partial charge in [-0.1, -0.05) is 6.08 Å². The van der Waals surface area contributed by atoms with Crippen molar-refractivity contribution in [1.82, 2.24) is 4.98 Å². The molecule has 1 aromatic heterocycles. The number of allylic oxidation sites excluding steroid dienone is 2. The number of pyridine rings is 1. The lowest BCUT2D eigenvalue weighted by molar-refractivity contribution is 1.23. The molecule has 0 saturated heterocycles. The van der Waals surface area contributed by atoms with E-state index in [4.69, 9.17) is 0 Å². The summed E-state index contributed by atoms with van der Waals surface area (Å²) in [5.74, 6) is 0. The van der Waals surface area contributed by atoms with Crippen LogP contribution in [0.1, 0.15) is 25.1 Å². The second kappa shape index (κ2) is 3.33. The molecule has 0 bridgehead atoms. The van der Waals surface area contributed by atoms with Crippen LogP contribution in [0.4, 0.5) is 0 Å². The average molecular weight is 147 g/mol. The van der Waals surface area contributed by atoms with Gasteiger partial charge in [-0.2, -0.15) is 0 Å². The highest BCUT2D eigenvalue weighted by Gasteiger charge is 1.94. The third-order valence-electron chi connectivity index (χ3n) is 1.75. The zero-order chi connectivity index (χ0) is 8.27. The number of aryl methyl sites for hydroxylation is 1. The summed E-state index contributed by atoms with van der Waals surface area (Å²) in [6.07, 6.45) is 3.92. The van der Waals surface area contributed by atoms with E-state index in [0.717, 1.165) is 5.69 Å². The van der Waals surface area contributed by atoms with Crippen LogP contribution in [0, 0.1) is 6.92 Å². The van der Waals surface area contributed by atoms with Gasteiger partial charge in [-0.3, -0.25) is 4.98 Å². The smallest absolute Gasteiger partial charge is 0.0658 e. The topological polar surface area (TPSA) is 12.9 Å². The third kappa shape index (κ3) is 1.90. The Morgan fingerprint density at radius 2 is 2.27 bits per heavy atom. The van der Waals surface area contributed by atoms with E-state index in [1.54, 1.807) is 0 Å². The standard InChI is InChI=1S/C10H13N/c1-4-9(3)10-7-8(2)5-6-11-10/h4-7H,1-3H3/b9-4-. The first kappa shape index (κ1) is 7.99. The van der Waals surface area contributed by atoms with Gasteiger partial charge in [0.1, 0.15) is 0 Å². The van der Waals surface area contributed by atoms with E-state index in [2.05, 4.69) is 31.0 Å². The molecule has 0 radical (unpaired) electrons. The molecule has 0 aliphatic carbocycles. The molecule has 0 fully saturated rings. The Balaban J connectivity index is 3.06. The molecule has 0 aliphatic rings. The Morgan fingerprint density at radius 3 is 2.82 bits per heavy atom. The van der Waals surface area contributed by atoms with Crippen LogP contribution in [-0.4, -0.2) is 4.98 Å². The summed E-state index contributed by atoms with van der Waals surface area (Å²) in [6, 6.07) is 4.10. The minimum atomic E-state index is 1.08. The SMILES string of the molecule is C/C=C(/C)c1cc(C)ccn1. The van der Waals surface area contributed by atoms with Crippen molar-refractivity contribution >= 4 is 5.57 Å². The number of hydrogen-bond donors (Lipinski definition) is 0. The summed E-state index contributed by atoms with van der Waals surface area (Å²) in [4.78, 5) is 4.24. The minimum absolute atomic E-state index is 1.08. The van der Waals surface area contributed by atoms with Gasteiger partial charge in [-0.25, -0.2) is 0 Å². The molecule has 0 unspecified atom stereocenters. The fourth-order valence-electron chi connectivity index (χ4n) is 0.900. The summed E-state index contributed by atoms with van der Waals surface area (Å²) in [7, 11) is 0. The highest BCUT2D eigenvalue weighted by atomic mass is 14.7. The lowest BCUT2D eigenvalue weighted by Crippen LogP contribution is -1.85. The Hall–Kier alpha value is -1.11. The first-order valence-electron chi connectivity index (χ1n) is 3.80. The van der Waals surface area contributed by atoms with E-state index in [0.29, 0.717) is 0 Å². The molecule has 0 aliphatic heterocycles. The predicted molar refractivity (Wildman–Crippen MR) is 48.3 cm³/mol. The van der Waals surface area contributed by atoms with Gasteiger partial charge < -0.3 is 0 Å². The van der Waals surface area contributed by atoms with Crippen molar-refractivity contribution in [3.8, 4) is 0 Å². The Morgan fingerprint density at radius 1 is 1.55 bits per heavy atom. The van der Waals surface area contributed by atoms with E-state index in [9.17, 15) is 0 Å². The number of hydrogen-bond acceptors (Lipinski definition) is 1. The first-order chi connectivity index (χ1) is 5.24. The molecule has 0 amide bonds. The van der Waals surface area contributed by atoms with E-state index in [1.807, 2.05) is 19.2 Å². The molecule has 11 heavy (non-hydrogen) atoms. The van der Waals surface area contributed by atoms with Gasteiger partial charge in [-0.15, -0.1) is 0 Å². The molecule has 1 heteroatoms. The van der Waals surface area contributed by atoms with Gasteiger partial charge in [0.25, 0.3) is 0 Å². The largest absolute Gasteiger partial charge is 0.257 e. The van der Waals surface area contributed by atoms with Gasteiger partial charge in [-0.05, 0) is 44.0 Å². The van der Waals surface area contributed by atoms with Crippen LogP contribution in [0.25, 0.3) is 5.57 Å². The summed E-state index contributed by atoms with van der Waals surface area (Å²) >= 11 is 0. The monoisotopic (exact) mass is 147 g/mol. The molecule has 1 nitrogen and oxygen atoms in total. The van der Waals surface area contributed by atoms with Crippen LogP contribution >= 0.6 is 0 Å². The molecule has 1 heterocycles. The fraction of sp³-hybridized carbons (Fsp3) is 0.300. The Bertz CT molecular complexity index is 274. The normalized spacial score (nSPS) is 11.7. The third-order valence-corrected chi connectivity index (χ3v) is 1.75.